The monoisotopic (exact) mass is 322 g/mol. The molecule has 0 atom stereocenters. The minimum Gasteiger partial charge on any atom is -0.303 e. The lowest BCUT2D eigenvalue weighted by atomic mass is 9.85. The van der Waals surface area contributed by atoms with Crippen LogP contribution in [0, 0.1) is 17.8 Å². The number of carbonyl (C=O) groups excluding carboxylic acids is 1. The van der Waals surface area contributed by atoms with E-state index < -0.39 is 0 Å². The fourth-order valence-electron chi connectivity index (χ4n) is 4.22. The molecule has 3 nitrogen and oxygen atoms in total. The first-order valence-corrected chi connectivity index (χ1v) is 9.96. The second kappa shape index (κ2) is 9.17. The molecule has 23 heavy (non-hydrogen) atoms. The Bertz CT molecular complexity index is 351. The largest absolute Gasteiger partial charge is 0.303 e. The van der Waals surface area contributed by atoms with Crippen LogP contribution >= 0.6 is 0 Å². The number of likely N-dealkylation sites (tertiary alicyclic amines) is 2. The lowest BCUT2D eigenvalue weighted by Gasteiger charge is -2.42. The van der Waals surface area contributed by atoms with E-state index in [1.807, 2.05) is 13.8 Å². The van der Waals surface area contributed by atoms with E-state index in [2.05, 4.69) is 23.6 Å². The summed E-state index contributed by atoms with van der Waals surface area (Å²) in [5.74, 6) is 2.43. The maximum atomic E-state index is 11.7. The highest BCUT2D eigenvalue weighted by Crippen LogP contribution is 2.28. The molecule has 0 aromatic heterocycles. The summed E-state index contributed by atoms with van der Waals surface area (Å²) in [7, 11) is 0. The van der Waals surface area contributed by atoms with E-state index in [0.29, 0.717) is 5.78 Å². The highest BCUT2D eigenvalue weighted by atomic mass is 16.1. The molecule has 0 aromatic rings. The maximum Gasteiger partial charge on any atom is 0.135 e. The Morgan fingerprint density at radius 3 is 2.09 bits per heavy atom. The van der Waals surface area contributed by atoms with Crippen LogP contribution in [0.1, 0.15) is 66.2 Å². The molecule has 2 fully saturated rings. The molecule has 2 aliphatic heterocycles. The molecule has 2 aliphatic rings. The Balaban J connectivity index is 1.62. The van der Waals surface area contributed by atoms with Crippen molar-refractivity contribution in [3.05, 3.63) is 0 Å². The van der Waals surface area contributed by atoms with Crippen LogP contribution in [-0.2, 0) is 4.79 Å². The molecule has 0 amide bonds. The molecular weight excluding hydrogens is 284 g/mol. The van der Waals surface area contributed by atoms with Gasteiger partial charge in [-0.15, -0.1) is 0 Å². The van der Waals surface area contributed by atoms with E-state index in [1.54, 1.807) is 0 Å². The Kier molecular flexibility index (Phi) is 7.55. The van der Waals surface area contributed by atoms with Crippen molar-refractivity contribution in [3.63, 3.8) is 0 Å². The number of Topliss-reactive ketones (excluding diaryl/α,β-unsaturated/α-hetero) is 1. The van der Waals surface area contributed by atoms with E-state index in [-0.39, 0.29) is 5.92 Å². The number of ketones is 1. The van der Waals surface area contributed by atoms with Crippen LogP contribution < -0.4 is 0 Å². The van der Waals surface area contributed by atoms with E-state index >= 15 is 0 Å². The lowest BCUT2D eigenvalue weighted by molar-refractivity contribution is -0.122. The quantitative estimate of drug-likeness (QED) is 0.712. The first-order chi connectivity index (χ1) is 11.0. The van der Waals surface area contributed by atoms with Gasteiger partial charge in [-0.05, 0) is 76.7 Å². The Hall–Kier alpha value is -0.410. The molecule has 2 rings (SSSR count). The fourth-order valence-corrected chi connectivity index (χ4v) is 4.22. The minimum atomic E-state index is 0.203. The predicted octanol–water partition coefficient (Wildman–Crippen LogP) is 3.82. The van der Waals surface area contributed by atoms with E-state index in [4.69, 9.17) is 0 Å². The van der Waals surface area contributed by atoms with Crippen molar-refractivity contribution < 1.29 is 4.79 Å². The first-order valence-electron chi connectivity index (χ1n) is 9.96. The van der Waals surface area contributed by atoms with Gasteiger partial charge in [0.1, 0.15) is 5.78 Å². The summed E-state index contributed by atoms with van der Waals surface area (Å²) in [6.45, 7) is 15.0. The zero-order valence-electron chi connectivity index (χ0n) is 15.9. The molecule has 2 heterocycles. The summed E-state index contributed by atoms with van der Waals surface area (Å²) in [4.78, 5) is 17.0. The van der Waals surface area contributed by atoms with Crippen molar-refractivity contribution in [2.75, 3.05) is 32.7 Å². The predicted molar refractivity (Wildman–Crippen MR) is 97.7 cm³/mol. The van der Waals surface area contributed by atoms with Gasteiger partial charge in [-0.25, -0.2) is 0 Å². The van der Waals surface area contributed by atoms with Crippen LogP contribution in [0.4, 0.5) is 0 Å². The minimum absolute atomic E-state index is 0.203. The van der Waals surface area contributed by atoms with Gasteiger partial charge in [0.25, 0.3) is 0 Å². The number of piperidine rings is 2. The van der Waals surface area contributed by atoms with Gasteiger partial charge in [0.2, 0.25) is 0 Å². The Labute approximate surface area is 143 Å². The topological polar surface area (TPSA) is 23.6 Å². The average molecular weight is 323 g/mol. The molecular formula is C20H38N2O. The van der Waals surface area contributed by atoms with Crippen LogP contribution in [0.25, 0.3) is 0 Å². The highest BCUT2D eigenvalue weighted by Gasteiger charge is 2.28. The second-order valence-electron chi connectivity index (χ2n) is 8.41. The van der Waals surface area contributed by atoms with E-state index in [9.17, 15) is 4.79 Å². The molecule has 0 unspecified atom stereocenters. The average Bonchev–Trinajstić information content (AvgIpc) is 2.55. The normalized spacial score (nSPS) is 23.0. The molecule has 2 saturated heterocycles. The Morgan fingerprint density at radius 1 is 0.957 bits per heavy atom. The summed E-state index contributed by atoms with van der Waals surface area (Å²) in [6, 6.07) is 0.816. The van der Waals surface area contributed by atoms with E-state index in [0.717, 1.165) is 37.3 Å². The summed E-state index contributed by atoms with van der Waals surface area (Å²) < 4.78 is 0. The number of hydrogen-bond acceptors (Lipinski definition) is 3. The third-order valence-electron chi connectivity index (χ3n) is 6.13. The third kappa shape index (κ3) is 5.86. The van der Waals surface area contributed by atoms with Crippen LogP contribution in [0.3, 0.4) is 0 Å². The van der Waals surface area contributed by atoms with Crippen LogP contribution in [0.15, 0.2) is 0 Å². The van der Waals surface area contributed by atoms with Crippen molar-refractivity contribution in [1.29, 1.82) is 0 Å². The van der Waals surface area contributed by atoms with Gasteiger partial charge in [-0.1, -0.05) is 27.7 Å². The first kappa shape index (κ1) is 18.9. The highest BCUT2D eigenvalue weighted by molar-refractivity contribution is 5.80. The van der Waals surface area contributed by atoms with Crippen molar-refractivity contribution in [2.24, 2.45) is 17.8 Å². The van der Waals surface area contributed by atoms with E-state index in [1.165, 1.54) is 51.9 Å². The molecule has 3 heteroatoms. The smallest absolute Gasteiger partial charge is 0.135 e. The van der Waals surface area contributed by atoms with Gasteiger partial charge < -0.3 is 9.80 Å². The number of nitrogens with zero attached hydrogens (tertiary/aromatic N) is 2. The van der Waals surface area contributed by atoms with Gasteiger partial charge in [0.05, 0.1) is 0 Å². The van der Waals surface area contributed by atoms with Crippen LogP contribution in [0.5, 0.6) is 0 Å². The van der Waals surface area contributed by atoms with Gasteiger partial charge >= 0.3 is 0 Å². The van der Waals surface area contributed by atoms with Gasteiger partial charge in [-0.3, -0.25) is 4.79 Å². The summed E-state index contributed by atoms with van der Waals surface area (Å²) in [5, 5.41) is 0. The van der Waals surface area contributed by atoms with Crippen molar-refractivity contribution in [1.82, 2.24) is 9.80 Å². The molecule has 0 saturated carbocycles. The second-order valence-corrected chi connectivity index (χ2v) is 8.41. The summed E-state index contributed by atoms with van der Waals surface area (Å²) in [6.07, 6.45) is 7.25. The lowest BCUT2D eigenvalue weighted by Crippen LogP contribution is -2.48. The Morgan fingerprint density at radius 2 is 1.57 bits per heavy atom. The SMILES string of the molecule is CC(C)C(=O)CCCN1CCC(N2CCC(C(C)C)CC2)CC1. The molecule has 0 aliphatic carbocycles. The molecule has 0 N–H and O–H groups in total. The molecule has 0 radical (unpaired) electrons. The summed E-state index contributed by atoms with van der Waals surface area (Å²) in [5.41, 5.74) is 0. The number of carbonyl (C=O) groups is 1. The fraction of sp³-hybridized carbons (Fsp3) is 0.950. The molecule has 134 valence electrons. The van der Waals surface area contributed by atoms with Crippen molar-refractivity contribution >= 4 is 5.78 Å². The van der Waals surface area contributed by atoms with Gasteiger partial charge in [0.15, 0.2) is 0 Å². The number of hydrogen-bond donors (Lipinski definition) is 0. The van der Waals surface area contributed by atoms with Crippen molar-refractivity contribution in [3.8, 4) is 0 Å². The standard InChI is InChI=1S/C20H38N2O/c1-16(2)18-7-14-22(15-8-18)19-9-12-21(13-10-19)11-5-6-20(23)17(3)4/h16-19H,5-15H2,1-4H3. The molecule has 0 aromatic carbocycles. The van der Waals surface area contributed by atoms with Crippen LogP contribution in [-0.4, -0.2) is 54.3 Å². The summed E-state index contributed by atoms with van der Waals surface area (Å²) >= 11 is 0. The molecule has 0 bridgehead atoms. The zero-order chi connectivity index (χ0) is 16.8. The van der Waals surface area contributed by atoms with Crippen molar-refractivity contribution in [2.45, 2.75) is 72.3 Å². The van der Waals surface area contributed by atoms with Gasteiger partial charge in [0, 0.05) is 18.4 Å². The van der Waals surface area contributed by atoms with Gasteiger partial charge in [-0.2, -0.15) is 0 Å². The zero-order valence-corrected chi connectivity index (χ0v) is 15.9. The molecule has 0 spiro atoms. The third-order valence-corrected chi connectivity index (χ3v) is 6.13. The van der Waals surface area contributed by atoms with Crippen LogP contribution in [0.2, 0.25) is 0 Å². The number of rotatable bonds is 7. The maximum absolute atomic E-state index is 11.7.